The normalized spacial score (nSPS) is 14.8. The van der Waals surface area contributed by atoms with Crippen LogP contribution in [0.25, 0.3) is 21.3 Å². The number of aryl methyl sites for hydroxylation is 4. The zero-order chi connectivity index (χ0) is 20.7. The number of thiophene rings is 1. The molecule has 1 aliphatic carbocycles. The molecular weight excluding hydrogens is 385 g/mol. The molecule has 0 amide bonds. The van der Waals surface area contributed by atoms with Crippen molar-refractivity contribution in [1.82, 2.24) is 4.98 Å². The number of hydrogen-bond donors (Lipinski definition) is 1. The van der Waals surface area contributed by atoms with Gasteiger partial charge in [0.05, 0.1) is 16.1 Å². The second kappa shape index (κ2) is 7.86. The van der Waals surface area contributed by atoms with Gasteiger partial charge in [-0.1, -0.05) is 25.5 Å². The third kappa shape index (κ3) is 3.46. The van der Waals surface area contributed by atoms with Gasteiger partial charge < -0.3 is 5.11 Å². The van der Waals surface area contributed by atoms with Crippen LogP contribution in [0.2, 0.25) is 0 Å². The molecule has 0 spiro atoms. The molecule has 0 aliphatic heterocycles. The summed E-state index contributed by atoms with van der Waals surface area (Å²) in [5.74, 6) is -1.86. The summed E-state index contributed by atoms with van der Waals surface area (Å²) < 4.78 is 16.1. The first kappa shape index (κ1) is 20.0. The highest BCUT2D eigenvalue weighted by Gasteiger charge is 2.30. The molecule has 1 aromatic carbocycles. The summed E-state index contributed by atoms with van der Waals surface area (Å²) in [6, 6.07) is 5.22. The van der Waals surface area contributed by atoms with Crippen molar-refractivity contribution in [1.29, 1.82) is 0 Å². The molecule has 2 aromatic heterocycles. The van der Waals surface area contributed by atoms with Crippen LogP contribution in [0.1, 0.15) is 65.8 Å². The molecule has 4 rings (SSSR count). The molecule has 3 nitrogen and oxygen atoms in total. The number of halogens is 1. The van der Waals surface area contributed by atoms with E-state index in [0.717, 1.165) is 53.4 Å². The molecule has 0 bridgehead atoms. The van der Waals surface area contributed by atoms with Crippen molar-refractivity contribution in [2.45, 2.75) is 65.2 Å². The van der Waals surface area contributed by atoms with E-state index in [-0.39, 0.29) is 5.82 Å². The molecule has 1 atom stereocenters. The van der Waals surface area contributed by atoms with E-state index in [4.69, 9.17) is 4.98 Å². The van der Waals surface area contributed by atoms with Gasteiger partial charge in [0.15, 0.2) is 0 Å². The third-order valence-corrected chi connectivity index (χ3v) is 7.23. The van der Waals surface area contributed by atoms with E-state index in [2.05, 4.69) is 0 Å². The standard InChI is InChI=1S/C24H26FNO2S/c1-4-7-17(24(27)28)20-14(3)26-22-16-8-5-6-9-19(16)29-23(22)21(20)15-11-10-13(2)12-18(15)25/h10-12,17H,4-9H2,1-3H3,(H,27,28). The number of pyridine rings is 1. The number of rotatable bonds is 5. The summed E-state index contributed by atoms with van der Waals surface area (Å²) >= 11 is 1.68. The zero-order valence-electron chi connectivity index (χ0n) is 17.1. The first-order chi connectivity index (χ1) is 13.9. The third-order valence-electron chi connectivity index (χ3n) is 5.93. The lowest BCUT2D eigenvalue weighted by Crippen LogP contribution is -2.15. The highest BCUT2D eigenvalue weighted by molar-refractivity contribution is 7.19. The fourth-order valence-corrected chi connectivity index (χ4v) is 5.97. The van der Waals surface area contributed by atoms with Gasteiger partial charge in [-0.05, 0) is 68.7 Å². The maximum Gasteiger partial charge on any atom is 0.311 e. The van der Waals surface area contributed by atoms with Crippen LogP contribution in [0, 0.1) is 19.7 Å². The summed E-state index contributed by atoms with van der Waals surface area (Å²) in [5.41, 5.74) is 5.69. The van der Waals surface area contributed by atoms with Crippen LogP contribution < -0.4 is 0 Å². The van der Waals surface area contributed by atoms with Crippen LogP contribution in [-0.2, 0) is 17.6 Å². The summed E-state index contributed by atoms with van der Waals surface area (Å²) in [4.78, 5) is 18.4. The van der Waals surface area contributed by atoms with Crippen molar-refractivity contribution >= 4 is 27.5 Å². The average molecular weight is 412 g/mol. The van der Waals surface area contributed by atoms with Gasteiger partial charge in [-0.2, -0.15) is 0 Å². The minimum absolute atomic E-state index is 0.301. The maximum atomic E-state index is 15.1. The van der Waals surface area contributed by atoms with Crippen LogP contribution in [0.15, 0.2) is 18.2 Å². The minimum atomic E-state index is -0.869. The lowest BCUT2D eigenvalue weighted by atomic mass is 9.85. The summed E-state index contributed by atoms with van der Waals surface area (Å²) in [6.07, 6.45) is 5.57. The van der Waals surface area contributed by atoms with Crippen molar-refractivity contribution < 1.29 is 14.3 Å². The first-order valence-electron chi connectivity index (χ1n) is 10.4. The number of hydrogen-bond acceptors (Lipinski definition) is 3. The molecule has 0 fully saturated rings. The van der Waals surface area contributed by atoms with Gasteiger partial charge in [0.25, 0.3) is 0 Å². The number of carbonyl (C=O) groups is 1. The van der Waals surface area contributed by atoms with Gasteiger partial charge in [0, 0.05) is 21.7 Å². The fraction of sp³-hybridized carbons (Fsp3) is 0.417. The highest BCUT2D eigenvalue weighted by Crippen LogP contribution is 2.46. The number of benzene rings is 1. The number of aliphatic carboxylic acids is 1. The SMILES string of the molecule is CCCC(C(=O)O)c1c(C)nc2c3c(sc2c1-c1ccc(C)cc1F)CCCC3. The van der Waals surface area contributed by atoms with E-state index in [9.17, 15) is 9.90 Å². The van der Waals surface area contributed by atoms with Crippen LogP contribution in [-0.4, -0.2) is 16.1 Å². The fourth-order valence-electron chi connectivity index (χ4n) is 4.56. The van der Waals surface area contributed by atoms with E-state index in [0.29, 0.717) is 23.2 Å². The second-order valence-corrected chi connectivity index (χ2v) is 9.14. The smallest absolute Gasteiger partial charge is 0.311 e. The van der Waals surface area contributed by atoms with Crippen LogP contribution in [0.3, 0.4) is 0 Å². The topological polar surface area (TPSA) is 50.2 Å². The van der Waals surface area contributed by atoms with E-state index < -0.39 is 11.9 Å². The molecule has 0 saturated carbocycles. The molecule has 1 aliphatic rings. The molecular formula is C24H26FNO2S. The van der Waals surface area contributed by atoms with E-state index >= 15 is 4.39 Å². The quantitative estimate of drug-likeness (QED) is 0.517. The molecule has 29 heavy (non-hydrogen) atoms. The Bertz CT molecular complexity index is 1100. The number of nitrogens with zero attached hydrogens (tertiary/aromatic N) is 1. The Balaban J connectivity index is 2.11. The molecule has 152 valence electrons. The second-order valence-electron chi connectivity index (χ2n) is 8.04. The number of carboxylic acids is 1. The van der Waals surface area contributed by atoms with E-state index in [1.807, 2.05) is 26.8 Å². The zero-order valence-corrected chi connectivity index (χ0v) is 18.0. The molecule has 0 saturated heterocycles. The molecule has 3 aromatic rings. The monoisotopic (exact) mass is 411 g/mol. The van der Waals surface area contributed by atoms with Gasteiger partial charge in [0.2, 0.25) is 0 Å². The van der Waals surface area contributed by atoms with Crippen LogP contribution in [0.4, 0.5) is 4.39 Å². The molecule has 2 heterocycles. The first-order valence-corrected chi connectivity index (χ1v) is 11.2. The van der Waals surface area contributed by atoms with Crippen molar-refractivity contribution in [2.24, 2.45) is 0 Å². The van der Waals surface area contributed by atoms with E-state index in [1.165, 1.54) is 16.5 Å². The van der Waals surface area contributed by atoms with Crippen LogP contribution in [0.5, 0.6) is 0 Å². The Morgan fingerprint density at radius 2 is 2.03 bits per heavy atom. The Labute approximate surface area is 174 Å². The van der Waals surface area contributed by atoms with Crippen molar-refractivity contribution in [3.63, 3.8) is 0 Å². The lowest BCUT2D eigenvalue weighted by molar-refractivity contribution is -0.139. The molecule has 5 heteroatoms. The Hall–Kier alpha value is -2.27. The number of aromatic nitrogens is 1. The van der Waals surface area contributed by atoms with Gasteiger partial charge in [-0.3, -0.25) is 9.78 Å². The van der Waals surface area contributed by atoms with Crippen LogP contribution >= 0.6 is 11.3 Å². The summed E-state index contributed by atoms with van der Waals surface area (Å²) in [7, 11) is 0. The summed E-state index contributed by atoms with van der Waals surface area (Å²) in [6.45, 7) is 5.72. The minimum Gasteiger partial charge on any atom is -0.481 e. The Morgan fingerprint density at radius 1 is 1.28 bits per heavy atom. The predicted octanol–water partition coefficient (Wildman–Crippen LogP) is 6.57. The van der Waals surface area contributed by atoms with Gasteiger partial charge >= 0.3 is 5.97 Å². The van der Waals surface area contributed by atoms with Crippen molar-refractivity contribution in [3.05, 3.63) is 51.3 Å². The van der Waals surface area contributed by atoms with Crippen molar-refractivity contribution in [3.8, 4) is 11.1 Å². The maximum absolute atomic E-state index is 15.1. The number of carboxylic acid groups (broad SMARTS) is 1. The molecule has 1 N–H and O–H groups in total. The number of fused-ring (bicyclic) bond motifs is 3. The Morgan fingerprint density at radius 3 is 2.72 bits per heavy atom. The van der Waals surface area contributed by atoms with Crippen molar-refractivity contribution in [2.75, 3.05) is 0 Å². The van der Waals surface area contributed by atoms with E-state index in [1.54, 1.807) is 17.4 Å². The van der Waals surface area contributed by atoms with Gasteiger partial charge in [0.1, 0.15) is 5.82 Å². The van der Waals surface area contributed by atoms with Gasteiger partial charge in [-0.15, -0.1) is 11.3 Å². The lowest BCUT2D eigenvalue weighted by Gasteiger charge is -2.20. The van der Waals surface area contributed by atoms with Gasteiger partial charge in [-0.25, -0.2) is 4.39 Å². The molecule has 1 unspecified atom stereocenters. The largest absolute Gasteiger partial charge is 0.481 e. The average Bonchev–Trinajstić information content (AvgIpc) is 3.04. The predicted molar refractivity (Wildman–Crippen MR) is 116 cm³/mol. The highest BCUT2D eigenvalue weighted by atomic mass is 32.1. The molecule has 0 radical (unpaired) electrons. The Kier molecular flexibility index (Phi) is 5.43. The summed E-state index contributed by atoms with van der Waals surface area (Å²) in [5, 5.41) is 9.98.